The van der Waals surface area contributed by atoms with E-state index in [4.69, 9.17) is 9.47 Å². The molecule has 0 aromatic heterocycles. The number of hydrogen-bond acceptors (Lipinski definition) is 4. The molecule has 0 saturated heterocycles. The molecule has 0 atom stereocenters. The fourth-order valence-electron chi connectivity index (χ4n) is 1.81. The van der Waals surface area contributed by atoms with Crippen LogP contribution in [-0.4, -0.2) is 24.1 Å². The first-order chi connectivity index (χ1) is 9.23. The van der Waals surface area contributed by atoms with Gasteiger partial charge in [-0.1, -0.05) is 17.7 Å². The summed E-state index contributed by atoms with van der Waals surface area (Å²) >= 11 is 0. The van der Waals surface area contributed by atoms with Gasteiger partial charge in [-0.15, -0.1) is 0 Å². The largest absolute Gasteiger partial charge is 0.462 e. The minimum absolute atomic E-state index is 0.0626. The Labute approximate surface area is 120 Å². The van der Waals surface area contributed by atoms with Crippen LogP contribution in [-0.2, 0) is 20.7 Å². The van der Waals surface area contributed by atoms with Crippen LogP contribution in [0.25, 0.3) is 0 Å². The third-order valence-corrected chi connectivity index (χ3v) is 2.51. The number of carbonyl (C=O) groups excluding carboxylic acids is 2. The van der Waals surface area contributed by atoms with Gasteiger partial charge in [0.1, 0.15) is 5.60 Å². The van der Waals surface area contributed by atoms with Crippen molar-refractivity contribution in [2.24, 2.45) is 0 Å². The van der Waals surface area contributed by atoms with Crippen LogP contribution in [0.5, 0.6) is 0 Å². The molecule has 1 rings (SSSR count). The van der Waals surface area contributed by atoms with Gasteiger partial charge in [0.2, 0.25) is 0 Å². The van der Waals surface area contributed by atoms with Crippen LogP contribution in [0.15, 0.2) is 18.2 Å². The molecule has 0 bridgehead atoms. The Morgan fingerprint density at radius 1 is 1.20 bits per heavy atom. The minimum Gasteiger partial charge on any atom is -0.462 e. The molecule has 0 N–H and O–H groups in total. The molecule has 1 aromatic rings. The predicted molar refractivity (Wildman–Crippen MR) is 76.7 cm³/mol. The number of hydrogen-bond donors (Lipinski definition) is 0. The molecule has 0 aliphatic rings. The fraction of sp³-hybridized carbons (Fsp3) is 0.500. The second-order valence-corrected chi connectivity index (χ2v) is 5.64. The molecule has 0 saturated carbocycles. The van der Waals surface area contributed by atoms with Gasteiger partial charge in [-0.3, -0.25) is 4.79 Å². The van der Waals surface area contributed by atoms with Gasteiger partial charge in [0.25, 0.3) is 0 Å². The highest BCUT2D eigenvalue weighted by Crippen LogP contribution is 2.16. The third kappa shape index (κ3) is 5.03. The van der Waals surface area contributed by atoms with E-state index in [9.17, 15) is 9.59 Å². The molecule has 1 aromatic carbocycles. The maximum Gasteiger partial charge on any atom is 0.338 e. The van der Waals surface area contributed by atoms with E-state index >= 15 is 0 Å². The first-order valence-corrected chi connectivity index (χ1v) is 6.71. The maximum absolute atomic E-state index is 11.9. The lowest BCUT2D eigenvalue weighted by Gasteiger charge is -2.20. The summed E-state index contributed by atoms with van der Waals surface area (Å²) in [7, 11) is 0. The molecule has 0 unspecified atom stereocenters. The SMILES string of the molecule is CCOC(=O)c1ccc(C)cc1CC(=O)OC(C)(C)C. The summed E-state index contributed by atoms with van der Waals surface area (Å²) in [6.07, 6.45) is 0.0626. The Bertz CT molecular complexity index is 498. The molecule has 4 nitrogen and oxygen atoms in total. The monoisotopic (exact) mass is 278 g/mol. The van der Waals surface area contributed by atoms with E-state index in [-0.39, 0.29) is 12.4 Å². The molecule has 0 aliphatic carbocycles. The summed E-state index contributed by atoms with van der Waals surface area (Å²) in [4.78, 5) is 23.8. The van der Waals surface area contributed by atoms with Gasteiger partial charge in [0, 0.05) is 0 Å². The van der Waals surface area contributed by atoms with Gasteiger partial charge >= 0.3 is 11.9 Å². The summed E-state index contributed by atoms with van der Waals surface area (Å²) in [5.41, 5.74) is 1.50. The van der Waals surface area contributed by atoms with Crippen LogP contribution in [0.2, 0.25) is 0 Å². The lowest BCUT2D eigenvalue weighted by Crippen LogP contribution is -2.25. The lowest BCUT2D eigenvalue weighted by atomic mass is 10.0. The molecule has 0 spiro atoms. The van der Waals surface area contributed by atoms with Gasteiger partial charge < -0.3 is 9.47 Å². The van der Waals surface area contributed by atoms with Crippen LogP contribution in [0, 0.1) is 6.92 Å². The van der Waals surface area contributed by atoms with Crippen molar-refractivity contribution < 1.29 is 19.1 Å². The van der Waals surface area contributed by atoms with E-state index in [1.54, 1.807) is 13.0 Å². The zero-order valence-electron chi connectivity index (χ0n) is 12.8. The Morgan fingerprint density at radius 3 is 2.40 bits per heavy atom. The molecule has 110 valence electrons. The average Bonchev–Trinajstić information content (AvgIpc) is 2.26. The van der Waals surface area contributed by atoms with Crippen LogP contribution in [0.3, 0.4) is 0 Å². The summed E-state index contributed by atoms with van der Waals surface area (Å²) < 4.78 is 10.3. The molecular weight excluding hydrogens is 256 g/mol. The molecule has 4 heteroatoms. The summed E-state index contributed by atoms with van der Waals surface area (Å²) in [5.74, 6) is -0.764. The number of ether oxygens (including phenoxy) is 2. The first kappa shape index (κ1) is 16.2. The number of carbonyl (C=O) groups is 2. The normalized spacial score (nSPS) is 11.1. The van der Waals surface area contributed by atoms with Gasteiger partial charge in [-0.25, -0.2) is 4.79 Å². The van der Waals surface area contributed by atoms with Crippen molar-refractivity contribution in [3.8, 4) is 0 Å². The molecular formula is C16H22O4. The molecule has 0 aliphatic heterocycles. The van der Waals surface area contributed by atoms with Crippen molar-refractivity contribution in [3.63, 3.8) is 0 Å². The highest BCUT2D eigenvalue weighted by atomic mass is 16.6. The molecule has 0 amide bonds. The zero-order chi connectivity index (χ0) is 15.3. The van der Waals surface area contributed by atoms with Crippen molar-refractivity contribution in [2.75, 3.05) is 6.61 Å². The second kappa shape index (κ2) is 6.55. The van der Waals surface area contributed by atoms with Crippen molar-refractivity contribution in [1.82, 2.24) is 0 Å². The Hall–Kier alpha value is -1.84. The highest BCUT2D eigenvalue weighted by Gasteiger charge is 2.20. The molecule has 20 heavy (non-hydrogen) atoms. The van der Waals surface area contributed by atoms with E-state index in [1.807, 2.05) is 39.8 Å². The second-order valence-electron chi connectivity index (χ2n) is 5.64. The van der Waals surface area contributed by atoms with Gasteiger partial charge in [0.15, 0.2) is 0 Å². The number of aryl methyl sites for hydroxylation is 1. The van der Waals surface area contributed by atoms with Gasteiger partial charge in [-0.2, -0.15) is 0 Å². The number of esters is 2. The first-order valence-electron chi connectivity index (χ1n) is 6.71. The van der Waals surface area contributed by atoms with E-state index < -0.39 is 11.6 Å². The number of benzene rings is 1. The van der Waals surface area contributed by atoms with Crippen LogP contribution >= 0.6 is 0 Å². The van der Waals surface area contributed by atoms with Crippen molar-refractivity contribution in [3.05, 3.63) is 34.9 Å². The fourth-order valence-corrected chi connectivity index (χ4v) is 1.81. The quantitative estimate of drug-likeness (QED) is 0.794. The smallest absolute Gasteiger partial charge is 0.338 e. The summed E-state index contributed by atoms with van der Waals surface area (Å²) in [5, 5.41) is 0. The minimum atomic E-state index is -0.537. The number of rotatable bonds is 4. The lowest BCUT2D eigenvalue weighted by molar-refractivity contribution is -0.153. The molecule has 0 fully saturated rings. The Balaban J connectivity index is 2.95. The Kier molecular flexibility index (Phi) is 5.31. The third-order valence-electron chi connectivity index (χ3n) is 2.51. The van der Waals surface area contributed by atoms with Crippen LogP contribution < -0.4 is 0 Å². The van der Waals surface area contributed by atoms with Crippen molar-refractivity contribution in [2.45, 2.75) is 46.6 Å². The topological polar surface area (TPSA) is 52.6 Å². The van der Waals surface area contributed by atoms with Crippen LogP contribution in [0.4, 0.5) is 0 Å². The van der Waals surface area contributed by atoms with Crippen molar-refractivity contribution in [1.29, 1.82) is 0 Å². The zero-order valence-corrected chi connectivity index (χ0v) is 12.8. The summed E-state index contributed by atoms with van der Waals surface area (Å²) in [6.45, 7) is 9.40. The Morgan fingerprint density at radius 2 is 1.85 bits per heavy atom. The summed E-state index contributed by atoms with van der Waals surface area (Å²) in [6, 6.07) is 5.33. The average molecular weight is 278 g/mol. The van der Waals surface area contributed by atoms with E-state index in [2.05, 4.69) is 0 Å². The van der Waals surface area contributed by atoms with Crippen LogP contribution in [0.1, 0.15) is 49.2 Å². The predicted octanol–water partition coefficient (Wildman–Crippen LogP) is 3.06. The standard InChI is InChI=1S/C16H22O4/c1-6-19-15(18)13-8-7-11(2)9-12(13)10-14(17)20-16(3,4)5/h7-9H,6,10H2,1-5H3. The highest BCUT2D eigenvalue weighted by molar-refractivity contribution is 5.92. The van der Waals surface area contributed by atoms with E-state index in [1.165, 1.54) is 0 Å². The van der Waals surface area contributed by atoms with Crippen molar-refractivity contribution >= 4 is 11.9 Å². The van der Waals surface area contributed by atoms with E-state index in [0.29, 0.717) is 17.7 Å². The van der Waals surface area contributed by atoms with E-state index in [0.717, 1.165) is 5.56 Å². The molecule has 0 heterocycles. The van der Waals surface area contributed by atoms with Gasteiger partial charge in [-0.05, 0) is 46.2 Å². The molecule has 0 radical (unpaired) electrons. The maximum atomic E-state index is 11.9. The van der Waals surface area contributed by atoms with Gasteiger partial charge in [0.05, 0.1) is 18.6 Å².